The maximum atomic E-state index is 12.2. The molecule has 1 aromatic carbocycles. The number of aromatic nitrogens is 1. The molecule has 5 rings (SSSR count). The molecule has 0 unspecified atom stereocenters. The van der Waals surface area contributed by atoms with Crippen LogP contribution in [0.1, 0.15) is 23.6 Å². The zero-order valence-electron chi connectivity index (χ0n) is 15.8. The molecule has 0 radical (unpaired) electrons. The summed E-state index contributed by atoms with van der Waals surface area (Å²) in [5.74, 6) is 1.48. The molecule has 6 nitrogen and oxygen atoms in total. The molecule has 2 atom stereocenters. The Morgan fingerprint density at radius 1 is 1.11 bits per heavy atom. The molecule has 2 bridgehead atoms. The third-order valence-corrected chi connectivity index (χ3v) is 5.99. The summed E-state index contributed by atoms with van der Waals surface area (Å²) in [6.45, 7) is 3.28. The van der Waals surface area contributed by atoms with E-state index in [1.54, 1.807) is 25.3 Å². The van der Waals surface area contributed by atoms with Crippen molar-refractivity contribution in [2.24, 2.45) is 5.92 Å². The van der Waals surface area contributed by atoms with Gasteiger partial charge in [-0.2, -0.15) is 0 Å². The zero-order chi connectivity index (χ0) is 19.3. The van der Waals surface area contributed by atoms with Gasteiger partial charge in [0.25, 0.3) is 5.56 Å². The third kappa shape index (κ3) is 2.94. The molecule has 1 saturated heterocycles. The average molecular weight is 378 g/mol. The van der Waals surface area contributed by atoms with Gasteiger partial charge in [-0.3, -0.25) is 9.69 Å². The minimum atomic E-state index is -0.343. The van der Waals surface area contributed by atoms with Crippen molar-refractivity contribution < 1.29 is 9.15 Å². The second-order valence-corrected chi connectivity index (χ2v) is 7.84. The number of rotatable bonds is 3. The number of pyridine rings is 1. The SMILES string of the molecule is COc1ccc2c(CN3C[C@H]4C[C@@H](C3)c3cccc(=O)n3C4)cc(=O)oc2c1. The van der Waals surface area contributed by atoms with Gasteiger partial charge in [-0.15, -0.1) is 0 Å². The van der Waals surface area contributed by atoms with Crippen molar-refractivity contribution >= 4 is 11.0 Å². The van der Waals surface area contributed by atoms with Crippen molar-refractivity contribution in [1.82, 2.24) is 9.47 Å². The molecule has 1 fully saturated rings. The number of hydrogen-bond donors (Lipinski definition) is 0. The minimum absolute atomic E-state index is 0.0984. The number of piperidine rings is 1. The van der Waals surface area contributed by atoms with Crippen LogP contribution in [0.25, 0.3) is 11.0 Å². The van der Waals surface area contributed by atoms with Crippen molar-refractivity contribution in [2.45, 2.75) is 25.4 Å². The molecule has 0 N–H and O–H groups in total. The molecular weight excluding hydrogens is 356 g/mol. The van der Waals surface area contributed by atoms with Gasteiger partial charge in [0.1, 0.15) is 11.3 Å². The van der Waals surface area contributed by atoms with E-state index in [-0.39, 0.29) is 11.2 Å². The van der Waals surface area contributed by atoms with Gasteiger partial charge in [-0.1, -0.05) is 6.07 Å². The van der Waals surface area contributed by atoms with E-state index in [9.17, 15) is 9.59 Å². The highest BCUT2D eigenvalue weighted by Crippen LogP contribution is 2.36. The molecule has 2 aromatic heterocycles. The topological polar surface area (TPSA) is 64.7 Å². The first-order valence-corrected chi connectivity index (χ1v) is 9.63. The third-order valence-electron chi connectivity index (χ3n) is 5.99. The second-order valence-electron chi connectivity index (χ2n) is 7.84. The summed E-state index contributed by atoms with van der Waals surface area (Å²) in [6.07, 6.45) is 1.12. The Kier molecular flexibility index (Phi) is 4.09. The lowest BCUT2D eigenvalue weighted by atomic mass is 9.83. The van der Waals surface area contributed by atoms with Crippen molar-refractivity contribution in [3.05, 3.63) is 74.5 Å². The molecule has 144 valence electrons. The van der Waals surface area contributed by atoms with Crippen LogP contribution in [0.15, 0.2) is 56.5 Å². The van der Waals surface area contributed by atoms with Crippen molar-refractivity contribution in [3.63, 3.8) is 0 Å². The molecule has 6 heteroatoms. The molecule has 0 saturated carbocycles. The largest absolute Gasteiger partial charge is 0.497 e. The Bertz CT molecular complexity index is 1160. The highest BCUT2D eigenvalue weighted by atomic mass is 16.5. The van der Waals surface area contributed by atoms with Crippen LogP contribution < -0.4 is 15.9 Å². The first-order chi connectivity index (χ1) is 13.6. The first-order valence-electron chi connectivity index (χ1n) is 9.63. The van der Waals surface area contributed by atoms with Crippen LogP contribution in [-0.4, -0.2) is 29.7 Å². The van der Waals surface area contributed by atoms with Crippen molar-refractivity contribution in [1.29, 1.82) is 0 Å². The van der Waals surface area contributed by atoms with Gasteiger partial charge in [0.2, 0.25) is 0 Å². The fraction of sp³-hybridized carbons (Fsp3) is 0.364. The molecule has 28 heavy (non-hydrogen) atoms. The first kappa shape index (κ1) is 17.3. The summed E-state index contributed by atoms with van der Waals surface area (Å²) < 4.78 is 12.6. The fourth-order valence-electron chi connectivity index (χ4n) is 4.83. The maximum Gasteiger partial charge on any atom is 0.336 e. The molecule has 2 aliphatic heterocycles. The van der Waals surface area contributed by atoms with E-state index in [1.165, 1.54) is 0 Å². The Morgan fingerprint density at radius 3 is 2.86 bits per heavy atom. The minimum Gasteiger partial charge on any atom is -0.497 e. The number of fused-ring (bicyclic) bond motifs is 5. The lowest BCUT2D eigenvalue weighted by Crippen LogP contribution is -2.46. The maximum absolute atomic E-state index is 12.2. The van der Waals surface area contributed by atoms with Gasteiger partial charge in [-0.25, -0.2) is 4.79 Å². The van der Waals surface area contributed by atoms with Gasteiger partial charge in [0.05, 0.1) is 7.11 Å². The predicted octanol–water partition coefficient (Wildman–Crippen LogP) is 2.58. The molecule has 2 aliphatic rings. The average Bonchev–Trinajstić information content (AvgIpc) is 2.68. The molecule has 0 amide bonds. The van der Waals surface area contributed by atoms with Crippen LogP contribution in [-0.2, 0) is 13.1 Å². The molecule has 0 aliphatic carbocycles. The van der Waals surface area contributed by atoms with Crippen LogP contribution in [0.3, 0.4) is 0 Å². The Labute approximate surface area is 162 Å². The number of hydrogen-bond acceptors (Lipinski definition) is 5. The van der Waals surface area contributed by atoms with E-state index in [2.05, 4.69) is 11.0 Å². The number of methoxy groups -OCH3 is 1. The monoisotopic (exact) mass is 378 g/mol. The molecular formula is C22H22N2O4. The number of nitrogens with zero attached hydrogens (tertiary/aromatic N) is 2. The Hall–Kier alpha value is -2.86. The van der Waals surface area contributed by atoms with E-state index >= 15 is 0 Å². The number of likely N-dealkylation sites (tertiary alicyclic amines) is 1. The Balaban J connectivity index is 1.47. The van der Waals surface area contributed by atoms with E-state index in [0.29, 0.717) is 29.7 Å². The van der Waals surface area contributed by atoms with Crippen LogP contribution in [0.5, 0.6) is 5.75 Å². The van der Waals surface area contributed by atoms with Gasteiger partial charge in [0, 0.05) is 61.4 Å². The summed E-state index contributed by atoms with van der Waals surface area (Å²) in [7, 11) is 1.60. The summed E-state index contributed by atoms with van der Waals surface area (Å²) in [5, 5.41) is 0.938. The van der Waals surface area contributed by atoms with E-state index in [4.69, 9.17) is 9.15 Å². The fourth-order valence-corrected chi connectivity index (χ4v) is 4.83. The lowest BCUT2D eigenvalue weighted by Gasteiger charge is -2.42. The van der Waals surface area contributed by atoms with Crippen molar-refractivity contribution in [3.8, 4) is 5.75 Å². The lowest BCUT2D eigenvalue weighted by molar-refractivity contribution is 0.114. The van der Waals surface area contributed by atoms with E-state index in [0.717, 1.165) is 42.7 Å². The predicted molar refractivity (Wildman–Crippen MR) is 106 cm³/mol. The van der Waals surface area contributed by atoms with Crippen LogP contribution in [0.2, 0.25) is 0 Å². The zero-order valence-corrected chi connectivity index (χ0v) is 15.8. The van der Waals surface area contributed by atoms with E-state index < -0.39 is 0 Å². The highest BCUT2D eigenvalue weighted by Gasteiger charge is 2.34. The Morgan fingerprint density at radius 2 is 2.00 bits per heavy atom. The van der Waals surface area contributed by atoms with Gasteiger partial charge < -0.3 is 13.7 Å². The molecule has 4 heterocycles. The summed E-state index contributed by atoms with van der Waals surface area (Å²) in [4.78, 5) is 26.7. The van der Waals surface area contributed by atoms with Gasteiger partial charge in [0.15, 0.2) is 0 Å². The van der Waals surface area contributed by atoms with Gasteiger partial charge in [-0.05, 0) is 36.1 Å². The van der Waals surface area contributed by atoms with Gasteiger partial charge >= 0.3 is 5.63 Å². The molecule has 0 spiro atoms. The summed E-state index contributed by atoms with van der Waals surface area (Å²) in [6, 6.07) is 12.8. The number of ether oxygens (including phenoxy) is 1. The van der Waals surface area contributed by atoms with Crippen molar-refractivity contribution in [2.75, 3.05) is 20.2 Å². The normalized spacial score (nSPS) is 21.5. The quantitative estimate of drug-likeness (QED) is 0.656. The number of benzene rings is 1. The highest BCUT2D eigenvalue weighted by molar-refractivity contribution is 5.81. The smallest absolute Gasteiger partial charge is 0.336 e. The van der Waals surface area contributed by atoms with Crippen LogP contribution >= 0.6 is 0 Å². The molecule has 3 aromatic rings. The van der Waals surface area contributed by atoms with E-state index in [1.807, 2.05) is 22.8 Å². The second kappa shape index (κ2) is 6.63. The summed E-state index contributed by atoms with van der Waals surface area (Å²) in [5.41, 5.74) is 2.41. The standard InChI is InChI=1S/C22H22N2O4/c1-27-17-5-6-18-15(8-22(26)28-20(18)9-17)12-23-10-14-7-16(13-23)19-3-2-4-21(25)24(19)11-14/h2-6,8-9,14,16H,7,10-13H2,1H3/t14-,16+/m1/s1. The summed E-state index contributed by atoms with van der Waals surface area (Å²) >= 11 is 0. The van der Waals surface area contributed by atoms with Crippen LogP contribution in [0.4, 0.5) is 0 Å². The van der Waals surface area contributed by atoms with Crippen LogP contribution in [0, 0.1) is 5.92 Å².